The Kier molecular flexibility index (Phi) is 6.47. The Morgan fingerprint density at radius 3 is 2.71 bits per heavy atom. The van der Waals surface area contributed by atoms with E-state index in [0.29, 0.717) is 25.3 Å². The number of nitrogens with two attached hydrogens (primary N) is 1. The molecule has 0 aromatic carbocycles. The summed E-state index contributed by atoms with van der Waals surface area (Å²) in [7, 11) is 3.43. The highest BCUT2D eigenvalue weighted by atomic mass is 16.4. The molecule has 0 heterocycles. The molecule has 14 heavy (non-hydrogen) atoms. The Bertz CT molecular complexity index is 206. The number of carbonyl (C=O) groups is 1. The molecule has 0 aliphatic rings. The highest BCUT2D eigenvalue weighted by molar-refractivity contribution is 5.79. The van der Waals surface area contributed by atoms with Gasteiger partial charge in [-0.2, -0.15) is 0 Å². The van der Waals surface area contributed by atoms with E-state index in [1.165, 1.54) is 0 Å². The van der Waals surface area contributed by atoms with E-state index < -0.39 is 12.0 Å². The summed E-state index contributed by atoms with van der Waals surface area (Å²) in [4.78, 5) is 14.3. The summed E-state index contributed by atoms with van der Waals surface area (Å²) in [6, 6.07) is -0.770. The van der Waals surface area contributed by atoms with Gasteiger partial charge in [0.25, 0.3) is 0 Å². The number of carboxylic acids is 1. The van der Waals surface area contributed by atoms with E-state index in [2.05, 4.69) is 15.6 Å². The summed E-state index contributed by atoms with van der Waals surface area (Å²) in [6.45, 7) is 0.661. The minimum absolute atomic E-state index is 0.461. The molecule has 0 aliphatic carbocycles. The molecule has 0 radical (unpaired) electrons. The summed E-state index contributed by atoms with van der Waals surface area (Å²) in [5.74, 6) is -0.267. The standard InChI is InChI=1S/C8H18N4O2/c1-10-8(11-2)12-5-3-4-6(9)7(13)14/h6H,3-5,9H2,1-2H3,(H,13,14)(H2,10,11,12)/t6-/m1/s1. The van der Waals surface area contributed by atoms with Crippen LogP contribution < -0.4 is 16.4 Å². The highest BCUT2D eigenvalue weighted by Crippen LogP contribution is 1.92. The lowest BCUT2D eigenvalue weighted by atomic mass is 10.2. The molecule has 0 bridgehead atoms. The zero-order chi connectivity index (χ0) is 11.0. The van der Waals surface area contributed by atoms with E-state index in [1.807, 2.05) is 0 Å². The molecule has 0 saturated heterocycles. The monoisotopic (exact) mass is 202 g/mol. The molecule has 6 nitrogen and oxygen atoms in total. The lowest BCUT2D eigenvalue weighted by molar-refractivity contribution is -0.138. The number of nitrogens with zero attached hydrogens (tertiary/aromatic N) is 1. The van der Waals surface area contributed by atoms with Gasteiger partial charge in [-0.05, 0) is 12.8 Å². The maximum absolute atomic E-state index is 10.4. The van der Waals surface area contributed by atoms with Gasteiger partial charge in [0, 0.05) is 20.6 Å². The third-order valence-corrected chi connectivity index (χ3v) is 1.76. The maximum atomic E-state index is 10.4. The number of hydrogen-bond donors (Lipinski definition) is 4. The Hall–Kier alpha value is -1.30. The van der Waals surface area contributed by atoms with Crippen LogP contribution in [-0.4, -0.2) is 43.7 Å². The van der Waals surface area contributed by atoms with Crippen molar-refractivity contribution in [3.8, 4) is 0 Å². The van der Waals surface area contributed by atoms with Crippen molar-refractivity contribution >= 4 is 11.9 Å². The number of carboxylic acid groups (broad SMARTS) is 1. The predicted molar refractivity (Wildman–Crippen MR) is 55.3 cm³/mol. The van der Waals surface area contributed by atoms with Gasteiger partial charge >= 0.3 is 5.97 Å². The van der Waals surface area contributed by atoms with Crippen LogP contribution in [0.25, 0.3) is 0 Å². The van der Waals surface area contributed by atoms with Crippen LogP contribution in [0, 0.1) is 0 Å². The van der Waals surface area contributed by atoms with E-state index >= 15 is 0 Å². The lowest BCUT2D eigenvalue weighted by Crippen LogP contribution is -2.36. The first-order valence-electron chi connectivity index (χ1n) is 4.48. The zero-order valence-electron chi connectivity index (χ0n) is 8.58. The Labute approximate surface area is 83.6 Å². The Morgan fingerprint density at radius 2 is 2.29 bits per heavy atom. The second-order valence-corrected chi connectivity index (χ2v) is 2.84. The van der Waals surface area contributed by atoms with Crippen molar-refractivity contribution in [3.63, 3.8) is 0 Å². The van der Waals surface area contributed by atoms with Gasteiger partial charge in [0.05, 0.1) is 0 Å². The van der Waals surface area contributed by atoms with Crippen molar-refractivity contribution in [2.45, 2.75) is 18.9 Å². The highest BCUT2D eigenvalue weighted by Gasteiger charge is 2.09. The van der Waals surface area contributed by atoms with Crippen molar-refractivity contribution in [2.75, 3.05) is 20.6 Å². The van der Waals surface area contributed by atoms with E-state index in [1.54, 1.807) is 14.1 Å². The molecule has 6 heteroatoms. The predicted octanol–water partition coefficient (Wildman–Crippen LogP) is -1.03. The number of aliphatic carboxylic acids is 1. The normalized spacial score (nSPS) is 13.5. The number of aliphatic imine (C=N–C) groups is 1. The lowest BCUT2D eigenvalue weighted by Gasteiger charge is -2.09. The summed E-state index contributed by atoms with van der Waals surface area (Å²) >= 11 is 0. The number of nitrogens with one attached hydrogen (secondary N) is 2. The van der Waals surface area contributed by atoms with Gasteiger partial charge < -0.3 is 21.5 Å². The number of rotatable bonds is 5. The molecule has 0 spiro atoms. The molecule has 0 fully saturated rings. The summed E-state index contributed by atoms with van der Waals surface area (Å²) in [5, 5.41) is 14.4. The molecule has 1 atom stereocenters. The van der Waals surface area contributed by atoms with Crippen molar-refractivity contribution in [3.05, 3.63) is 0 Å². The molecule has 0 aliphatic heterocycles. The van der Waals surface area contributed by atoms with E-state index in [0.717, 1.165) is 0 Å². The molecular weight excluding hydrogens is 184 g/mol. The fourth-order valence-electron chi connectivity index (χ4n) is 0.931. The molecule has 82 valence electrons. The molecule has 0 aromatic rings. The average molecular weight is 202 g/mol. The third kappa shape index (κ3) is 5.36. The third-order valence-electron chi connectivity index (χ3n) is 1.76. The molecular formula is C8H18N4O2. The summed E-state index contributed by atoms with van der Waals surface area (Å²) in [5.41, 5.74) is 5.33. The van der Waals surface area contributed by atoms with Crippen LogP contribution in [-0.2, 0) is 4.79 Å². The summed E-state index contributed by atoms with van der Waals surface area (Å²) < 4.78 is 0. The zero-order valence-corrected chi connectivity index (χ0v) is 8.58. The largest absolute Gasteiger partial charge is 0.480 e. The molecule has 0 aromatic heterocycles. The molecule has 0 saturated carbocycles. The molecule has 0 amide bonds. The van der Waals surface area contributed by atoms with Crippen LogP contribution in [0.3, 0.4) is 0 Å². The first kappa shape index (κ1) is 12.7. The number of guanidine groups is 1. The van der Waals surface area contributed by atoms with E-state index in [-0.39, 0.29) is 0 Å². The van der Waals surface area contributed by atoms with Gasteiger partial charge in [-0.1, -0.05) is 0 Å². The van der Waals surface area contributed by atoms with Gasteiger partial charge in [-0.25, -0.2) is 0 Å². The molecule has 5 N–H and O–H groups in total. The first-order valence-corrected chi connectivity index (χ1v) is 4.48. The fraction of sp³-hybridized carbons (Fsp3) is 0.750. The SMILES string of the molecule is CN=C(NC)NCCC[C@@H](N)C(=O)O. The maximum Gasteiger partial charge on any atom is 0.320 e. The van der Waals surface area contributed by atoms with Gasteiger partial charge in [0.15, 0.2) is 5.96 Å². The number of hydrogen-bond acceptors (Lipinski definition) is 3. The first-order chi connectivity index (χ1) is 6.61. The van der Waals surface area contributed by atoms with Gasteiger partial charge in [0.2, 0.25) is 0 Å². The smallest absolute Gasteiger partial charge is 0.320 e. The molecule has 0 rings (SSSR count). The topological polar surface area (TPSA) is 99.7 Å². The Morgan fingerprint density at radius 1 is 1.64 bits per heavy atom. The second-order valence-electron chi connectivity index (χ2n) is 2.84. The second kappa shape index (κ2) is 7.14. The summed E-state index contributed by atoms with van der Waals surface area (Å²) in [6.07, 6.45) is 1.16. The van der Waals surface area contributed by atoms with Crippen LogP contribution in [0.2, 0.25) is 0 Å². The van der Waals surface area contributed by atoms with Crippen LogP contribution in [0.1, 0.15) is 12.8 Å². The van der Waals surface area contributed by atoms with Crippen molar-refractivity contribution in [1.29, 1.82) is 0 Å². The average Bonchev–Trinajstić information content (AvgIpc) is 2.17. The van der Waals surface area contributed by atoms with Crippen LogP contribution in [0.15, 0.2) is 4.99 Å². The fourth-order valence-corrected chi connectivity index (χ4v) is 0.931. The van der Waals surface area contributed by atoms with Crippen molar-refractivity contribution in [1.82, 2.24) is 10.6 Å². The molecule has 0 unspecified atom stereocenters. The van der Waals surface area contributed by atoms with Gasteiger partial charge in [-0.3, -0.25) is 9.79 Å². The van der Waals surface area contributed by atoms with E-state index in [9.17, 15) is 4.79 Å². The minimum Gasteiger partial charge on any atom is -0.480 e. The van der Waals surface area contributed by atoms with Gasteiger partial charge in [0.1, 0.15) is 6.04 Å². The Balaban J connectivity index is 3.51. The van der Waals surface area contributed by atoms with Crippen LogP contribution in [0.5, 0.6) is 0 Å². The minimum atomic E-state index is -0.956. The quantitative estimate of drug-likeness (QED) is 0.259. The van der Waals surface area contributed by atoms with E-state index in [4.69, 9.17) is 10.8 Å². The van der Waals surface area contributed by atoms with Gasteiger partial charge in [-0.15, -0.1) is 0 Å². The van der Waals surface area contributed by atoms with Crippen LogP contribution >= 0.6 is 0 Å². The van der Waals surface area contributed by atoms with Crippen molar-refractivity contribution < 1.29 is 9.90 Å². The van der Waals surface area contributed by atoms with Crippen LogP contribution in [0.4, 0.5) is 0 Å². The van der Waals surface area contributed by atoms with Crippen molar-refractivity contribution in [2.24, 2.45) is 10.7 Å².